The van der Waals surface area contributed by atoms with Crippen molar-refractivity contribution in [1.82, 2.24) is 19.5 Å². The molecular formula is C46H32N4. The SMILES string of the molecule is Cc1ccc2c(c1)c1cccc(-c3ccc(-c4nc(-c5ccccc5)nc(-c5ccccc5)n4)cc3)c1n2-c1cccc(-c2ccccc2)c1. The molecule has 4 heteroatoms. The van der Waals surface area contributed by atoms with Gasteiger partial charge in [-0.25, -0.2) is 15.0 Å². The Balaban J connectivity index is 1.20. The summed E-state index contributed by atoms with van der Waals surface area (Å²) in [6.45, 7) is 2.16. The Bertz CT molecular complexity index is 2570. The predicted molar refractivity (Wildman–Crippen MR) is 206 cm³/mol. The molecule has 236 valence electrons. The van der Waals surface area contributed by atoms with E-state index >= 15 is 0 Å². The van der Waals surface area contributed by atoms with E-state index in [1.54, 1.807) is 0 Å². The van der Waals surface area contributed by atoms with Crippen LogP contribution in [0.15, 0.2) is 176 Å². The zero-order valence-electron chi connectivity index (χ0n) is 27.5. The Morgan fingerprint density at radius 2 is 0.900 bits per heavy atom. The van der Waals surface area contributed by atoms with Gasteiger partial charge in [-0.2, -0.15) is 0 Å². The maximum absolute atomic E-state index is 4.95. The summed E-state index contributed by atoms with van der Waals surface area (Å²) in [6, 6.07) is 61.6. The second-order valence-corrected chi connectivity index (χ2v) is 12.6. The van der Waals surface area contributed by atoms with Gasteiger partial charge in [0.1, 0.15) is 0 Å². The molecule has 0 radical (unpaired) electrons. The number of benzene rings is 7. The summed E-state index contributed by atoms with van der Waals surface area (Å²) in [4.78, 5) is 14.8. The monoisotopic (exact) mass is 640 g/mol. The minimum absolute atomic E-state index is 0.643. The van der Waals surface area contributed by atoms with Crippen molar-refractivity contribution in [3.05, 3.63) is 181 Å². The lowest BCUT2D eigenvalue weighted by molar-refractivity contribution is 1.07. The van der Waals surface area contributed by atoms with Gasteiger partial charge in [0.05, 0.1) is 11.0 Å². The van der Waals surface area contributed by atoms with Crippen LogP contribution in [0.2, 0.25) is 0 Å². The first kappa shape index (κ1) is 29.5. The van der Waals surface area contributed by atoms with Gasteiger partial charge in [0.25, 0.3) is 0 Å². The fourth-order valence-electron chi connectivity index (χ4n) is 6.88. The Labute approximate surface area is 291 Å². The van der Waals surface area contributed by atoms with E-state index in [0.29, 0.717) is 17.5 Å². The number of aryl methyl sites for hydroxylation is 1. The minimum atomic E-state index is 0.643. The lowest BCUT2D eigenvalue weighted by atomic mass is 10.00. The third kappa shape index (κ3) is 5.33. The van der Waals surface area contributed by atoms with Crippen LogP contribution in [0, 0.1) is 6.92 Å². The molecule has 0 saturated heterocycles. The van der Waals surface area contributed by atoms with Crippen LogP contribution < -0.4 is 0 Å². The molecular weight excluding hydrogens is 609 g/mol. The summed E-state index contributed by atoms with van der Waals surface area (Å²) in [5, 5.41) is 2.48. The highest BCUT2D eigenvalue weighted by Gasteiger charge is 2.18. The van der Waals surface area contributed by atoms with Gasteiger partial charge < -0.3 is 4.57 Å². The maximum atomic E-state index is 4.95. The van der Waals surface area contributed by atoms with Crippen LogP contribution in [-0.4, -0.2) is 19.5 Å². The van der Waals surface area contributed by atoms with Crippen LogP contribution in [0.3, 0.4) is 0 Å². The third-order valence-electron chi connectivity index (χ3n) is 9.31. The van der Waals surface area contributed by atoms with E-state index in [2.05, 4.69) is 127 Å². The fraction of sp³-hybridized carbons (Fsp3) is 0.0217. The molecule has 0 aliphatic heterocycles. The molecule has 50 heavy (non-hydrogen) atoms. The molecule has 2 heterocycles. The molecule has 2 aromatic heterocycles. The highest BCUT2D eigenvalue weighted by molar-refractivity contribution is 6.14. The van der Waals surface area contributed by atoms with Gasteiger partial charge in [0, 0.05) is 38.7 Å². The van der Waals surface area contributed by atoms with E-state index in [1.807, 2.05) is 60.7 Å². The van der Waals surface area contributed by atoms with Crippen LogP contribution >= 0.6 is 0 Å². The lowest BCUT2D eigenvalue weighted by Crippen LogP contribution is -2.00. The molecule has 0 saturated carbocycles. The van der Waals surface area contributed by atoms with Gasteiger partial charge in [-0.3, -0.25) is 0 Å². The molecule has 0 aliphatic carbocycles. The van der Waals surface area contributed by atoms with Crippen molar-refractivity contribution in [1.29, 1.82) is 0 Å². The highest BCUT2D eigenvalue weighted by atomic mass is 15.0. The largest absolute Gasteiger partial charge is 0.309 e. The molecule has 0 bridgehead atoms. The first-order valence-electron chi connectivity index (χ1n) is 16.9. The van der Waals surface area contributed by atoms with Gasteiger partial charge in [0.15, 0.2) is 17.5 Å². The number of hydrogen-bond acceptors (Lipinski definition) is 3. The van der Waals surface area contributed by atoms with Crippen LogP contribution in [0.25, 0.3) is 83.9 Å². The Morgan fingerprint density at radius 3 is 1.52 bits per heavy atom. The first-order valence-corrected chi connectivity index (χ1v) is 16.9. The molecule has 0 aliphatic rings. The van der Waals surface area contributed by atoms with Gasteiger partial charge >= 0.3 is 0 Å². The normalized spacial score (nSPS) is 11.3. The number of fused-ring (bicyclic) bond motifs is 3. The maximum Gasteiger partial charge on any atom is 0.164 e. The first-order chi connectivity index (χ1) is 24.7. The highest BCUT2D eigenvalue weighted by Crippen LogP contribution is 2.39. The van der Waals surface area contributed by atoms with E-state index in [-0.39, 0.29) is 0 Å². The topological polar surface area (TPSA) is 43.6 Å². The lowest BCUT2D eigenvalue weighted by Gasteiger charge is -2.14. The second kappa shape index (κ2) is 12.4. The van der Waals surface area contributed by atoms with Crippen LogP contribution in [0.4, 0.5) is 0 Å². The Morgan fingerprint density at radius 1 is 0.380 bits per heavy atom. The molecule has 0 atom stereocenters. The quantitative estimate of drug-likeness (QED) is 0.182. The van der Waals surface area contributed by atoms with Crippen molar-refractivity contribution < 1.29 is 0 Å². The number of nitrogens with zero attached hydrogens (tertiary/aromatic N) is 4. The fourth-order valence-corrected chi connectivity index (χ4v) is 6.88. The number of rotatable bonds is 6. The van der Waals surface area contributed by atoms with Crippen LogP contribution in [0.1, 0.15) is 5.56 Å². The van der Waals surface area contributed by atoms with E-state index in [1.165, 1.54) is 44.1 Å². The molecule has 0 amide bonds. The molecule has 4 nitrogen and oxygen atoms in total. The zero-order valence-corrected chi connectivity index (χ0v) is 27.5. The Kier molecular flexibility index (Phi) is 7.33. The zero-order chi connectivity index (χ0) is 33.4. The van der Waals surface area contributed by atoms with E-state index in [9.17, 15) is 0 Å². The summed E-state index contributed by atoms with van der Waals surface area (Å²) in [6.07, 6.45) is 0. The van der Waals surface area contributed by atoms with Gasteiger partial charge in [-0.1, -0.05) is 157 Å². The third-order valence-corrected chi connectivity index (χ3v) is 9.31. The smallest absolute Gasteiger partial charge is 0.164 e. The standard InChI is InChI=1S/C46H32N4/c1-31-23-28-42-41(29-31)40-22-12-21-39(43(40)50(42)38-20-11-19-37(30-38)32-13-5-2-6-14-32)33-24-26-36(27-25-33)46-48-44(34-15-7-3-8-16-34)47-45(49-46)35-17-9-4-10-18-35/h2-30H,1H3. The molecule has 0 fully saturated rings. The average molecular weight is 641 g/mol. The van der Waals surface area contributed by atoms with E-state index in [0.717, 1.165) is 27.9 Å². The second-order valence-electron chi connectivity index (χ2n) is 12.6. The van der Waals surface area contributed by atoms with Crippen LogP contribution in [0.5, 0.6) is 0 Å². The Hall–Kier alpha value is -6.65. The molecule has 0 N–H and O–H groups in total. The van der Waals surface area contributed by atoms with Gasteiger partial charge in [0.2, 0.25) is 0 Å². The number of para-hydroxylation sites is 1. The summed E-state index contributed by atoms with van der Waals surface area (Å²) < 4.78 is 2.42. The molecule has 7 aromatic carbocycles. The average Bonchev–Trinajstić information content (AvgIpc) is 3.52. The summed E-state index contributed by atoms with van der Waals surface area (Å²) >= 11 is 0. The van der Waals surface area contributed by atoms with Crippen LogP contribution in [-0.2, 0) is 0 Å². The van der Waals surface area contributed by atoms with E-state index in [4.69, 9.17) is 15.0 Å². The van der Waals surface area contributed by atoms with Crippen molar-refractivity contribution in [3.8, 4) is 62.1 Å². The molecule has 9 rings (SSSR count). The predicted octanol–water partition coefficient (Wildman–Crippen LogP) is 11.6. The van der Waals surface area contributed by atoms with Gasteiger partial charge in [-0.15, -0.1) is 0 Å². The summed E-state index contributed by atoms with van der Waals surface area (Å²) in [5.74, 6) is 1.95. The van der Waals surface area contributed by atoms with E-state index < -0.39 is 0 Å². The van der Waals surface area contributed by atoms with Crippen molar-refractivity contribution in [2.45, 2.75) is 6.92 Å². The molecule has 0 spiro atoms. The summed E-state index contributed by atoms with van der Waals surface area (Å²) in [7, 11) is 0. The number of hydrogen-bond donors (Lipinski definition) is 0. The minimum Gasteiger partial charge on any atom is -0.309 e. The van der Waals surface area contributed by atoms with Crippen molar-refractivity contribution in [2.75, 3.05) is 0 Å². The molecule has 0 unspecified atom stereocenters. The van der Waals surface area contributed by atoms with Crippen molar-refractivity contribution in [2.24, 2.45) is 0 Å². The molecule has 9 aromatic rings. The van der Waals surface area contributed by atoms with Gasteiger partial charge in [-0.05, 0) is 47.9 Å². The summed E-state index contributed by atoms with van der Waals surface area (Å²) in [5.41, 5.74) is 12.3. The van der Waals surface area contributed by atoms with Crippen molar-refractivity contribution >= 4 is 21.8 Å². The van der Waals surface area contributed by atoms with Crippen molar-refractivity contribution in [3.63, 3.8) is 0 Å². The number of aromatic nitrogens is 4.